The molecule has 1 atom stereocenters. The van der Waals surface area contributed by atoms with Gasteiger partial charge in [-0.3, -0.25) is 0 Å². The van der Waals surface area contributed by atoms with E-state index in [1.165, 1.54) is 0 Å². The Hall–Kier alpha value is -0.470. The maximum atomic E-state index is 12.0. The van der Waals surface area contributed by atoms with E-state index < -0.39 is 10.0 Å². The average Bonchev–Trinajstić information content (AvgIpc) is 2.95. The lowest BCUT2D eigenvalue weighted by atomic mass is 10.1. The monoisotopic (exact) mass is 291 g/mol. The van der Waals surface area contributed by atoms with Gasteiger partial charge in [0.05, 0.1) is 13.2 Å². The van der Waals surface area contributed by atoms with Gasteiger partial charge in [-0.25, -0.2) is 13.1 Å². The number of thiophene rings is 1. The summed E-state index contributed by atoms with van der Waals surface area (Å²) in [5.41, 5.74) is 0.812. The zero-order chi connectivity index (χ0) is 13.2. The Kier molecular flexibility index (Phi) is 4.39. The minimum atomic E-state index is -3.46. The highest BCUT2D eigenvalue weighted by molar-refractivity contribution is 7.91. The summed E-state index contributed by atoms with van der Waals surface area (Å²) in [6.45, 7) is 3.41. The van der Waals surface area contributed by atoms with Crippen LogP contribution in [-0.2, 0) is 21.4 Å². The highest BCUT2D eigenvalue weighted by Gasteiger charge is 2.22. The molecular formula is C11H17NO4S2. The Morgan fingerprint density at radius 2 is 2.39 bits per heavy atom. The summed E-state index contributed by atoms with van der Waals surface area (Å²) in [4.78, 5) is 0.694. The quantitative estimate of drug-likeness (QED) is 0.844. The lowest BCUT2D eigenvalue weighted by molar-refractivity contribution is 0.186. The summed E-state index contributed by atoms with van der Waals surface area (Å²) in [5.74, 6) is 0.262. The van der Waals surface area contributed by atoms with Crippen LogP contribution in [0.2, 0.25) is 0 Å². The van der Waals surface area contributed by atoms with Crippen molar-refractivity contribution < 1.29 is 18.3 Å². The van der Waals surface area contributed by atoms with Gasteiger partial charge in [0, 0.05) is 18.0 Å². The molecule has 0 spiro atoms. The predicted octanol–water partition coefficient (Wildman–Crippen LogP) is 0.864. The van der Waals surface area contributed by atoms with Crippen LogP contribution in [0.15, 0.2) is 10.3 Å². The number of rotatable bonds is 5. The fourth-order valence-electron chi connectivity index (χ4n) is 1.82. The van der Waals surface area contributed by atoms with Crippen LogP contribution in [-0.4, -0.2) is 33.3 Å². The number of hydrogen-bond acceptors (Lipinski definition) is 5. The maximum Gasteiger partial charge on any atom is 0.250 e. The third-order valence-electron chi connectivity index (χ3n) is 2.99. The van der Waals surface area contributed by atoms with E-state index in [1.807, 2.05) is 0 Å². The van der Waals surface area contributed by atoms with E-state index in [1.54, 1.807) is 13.0 Å². The molecule has 1 aromatic heterocycles. The van der Waals surface area contributed by atoms with Crippen LogP contribution in [0.3, 0.4) is 0 Å². The molecule has 2 rings (SSSR count). The number of aliphatic hydroxyl groups is 1. The smallest absolute Gasteiger partial charge is 0.250 e. The summed E-state index contributed by atoms with van der Waals surface area (Å²) < 4.78 is 32.2. The van der Waals surface area contributed by atoms with Crippen molar-refractivity contribution in [3.8, 4) is 0 Å². The van der Waals surface area contributed by atoms with Crippen LogP contribution >= 0.6 is 11.3 Å². The number of sulfonamides is 1. The molecule has 1 saturated heterocycles. The van der Waals surface area contributed by atoms with Gasteiger partial charge >= 0.3 is 0 Å². The molecule has 2 heterocycles. The molecule has 5 nitrogen and oxygen atoms in total. The number of aryl methyl sites for hydroxylation is 1. The second kappa shape index (κ2) is 5.66. The fourth-order valence-corrected chi connectivity index (χ4v) is 4.43. The summed E-state index contributed by atoms with van der Waals surface area (Å²) in [7, 11) is -3.46. The third kappa shape index (κ3) is 3.10. The standard InChI is InChI=1S/C11H17NO4S2/c1-8-4-11(17-10(8)6-13)18(14,15)12-5-9-2-3-16-7-9/h4,9,12-13H,2-3,5-7H2,1H3. The van der Waals surface area contributed by atoms with Gasteiger partial charge in [-0.15, -0.1) is 11.3 Å². The molecule has 0 bridgehead atoms. The molecule has 1 fully saturated rings. The molecule has 1 aliphatic heterocycles. The molecule has 0 radical (unpaired) electrons. The van der Waals surface area contributed by atoms with Gasteiger partial charge in [0.15, 0.2) is 0 Å². The van der Waals surface area contributed by atoms with E-state index in [9.17, 15) is 8.42 Å². The van der Waals surface area contributed by atoms with Crippen LogP contribution in [0.1, 0.15) is 16.9 Å². The Bertz CT molecular complexity index is 503. The van der Waals surface area contributed by atoms with Gasteiger partial charge < -0.3 is 9.84 Å². The van der Waals surface area contributed by atoms with Crippen molar-refractivity contribution in [2.75, 3.05) is 19.8 Å². The summed E-state index contributed by atoms with van der Waals surface area (Å²) >= 11 is 1.12. The first-order chi connectivity index (χ1) is 8.53. The maximum absolute atomic E-state index is 12.0. The molecule has 18 heavy (non-hydrogen) atoms. The van der Waals surface area contributed by atoms with Crippen LogP contribution in [0.5, 0.6) is 0 Å². The van der Waals surface area contributed by atoms with E-state index >= 15 is 0 Å². The Morgan fingerprint density at radius 1 is 1.61 bits per heavy atom. The van der Waals surface area contributed by atoms with Gasteiger partial charge in [-0.05, 0) is 30.9 Å². The molecule has 0 aromatic carbocycles. The van der Waals surface area contributed by atoms with E-state index in [-0.39, 0.29) is 16.7 Å². The highest BCUT2D eigenvalue weighted by atomic mass is 32.2. The fraction of sp³-hybridized carbons (Fsp3) is 0.636. The van der Waals surface area contributed by atoms with Crippen molar-refractivity contribution in [1.29, 1.82) is 0 Å². The number of ether oxygens (including phenoxy) is 1. The van der Waals surface area contributed by atoms with Gasteiger partial charge in [0.1, 0.15) is 4.21 Å². The minimum Gasteiger partial charge on any atom is -0.391 e. The van der Waals surface area contributed by atoms with Crippen molar-refractivity contribution in [1.82, 2.24) is 4.72 Å². The van der Waals surface area contributed by atoms with Crippen molar-refractivity contribution in [2.45, 2.75) is 24.2 Å². The third-order valence-corrected chi connectivity index (χ3v) is 6.11. The van der Waals surface area contributed by atoms with Crippen molar-refractivity contribution in [3.63, 3.8) is 0 Å². The van der Waals surface area contributed by atoms with Gasteiger partial charge in [0.2, 0.25) is 10.0 Å². The number of hydrogen-bond donors (Lipinski definition) is 2. The minimum absolute atomic E-state index is 0.123. The predicted molar refractivity (Wildman–Crippen MR) is 69.1 cm³/mol. The van der Waals surface area contributed by atoms with Crippen LogP contribution in [0.25, 0.3) is 0 Å². The zero-order valence-electron chi connectivity index (χ0n) is 10.2. The van der Waals surface area contributed by atoms with Gasteiger partial charge in [0.25, 0.3) is 0 Å². The molecule has 1 unspecified atom stereocenters. The number of aliphatic hydroxyl groups excluding tert-OH is 1. The molecule has 102 valence electrons. The summed E-state index contributed by atoms with van der Waals surface area (Å²) in [5, 5.41) is 9.08. The molecule has 1 aliphatic rings. The van der Waals surface area contributed by atoms with Crippen LogP contribution in [0, 0.1) is 12.8 Å². The molecule has 0 aliphatic carbocycles. The largest absolute Gasteiger partial charge is 0.391 e. The first kappa shape index (κ1) is 14.0. The van der Waals surface area contributed by atoms with Gasteiger partial charge in [-0.2, -0.15) is 0 Å². The molecule has 0 amide bonds. The SMILES string of the molecule is Cc1cc(S(=O)(=O)NCC2CCOC2)sc1CO. The zero-order valence-corrected chi connectivity index (χ0v) is 11.8. The number of nitrogens with one attached hydrogen (secondary N) is 1. The second-order valence-electron chi connectivity index (χ2n) is 4.41. The summed E-state index contributed by atoms with van der Waals surface area (Å²) in [6.07, 6.45) is 0.897. The average molecular weight is 291 g/mol. The lowest BCUT2D eigenvalue weighted by Crippen LogP contribution is -2.29. The van der Waals surface area contributed by atoms with Crippen LogP contribution < -0.4 is 4.72 Å². The van der Waals surface area contributed by atoms with E-state index in [2.05, 4.69) is 4.72 Å². The van der Waals surface area contributed by atoms with Crippen molar-refractivity contribution in [3.05, 3.63) is 16.5 Å². The van der Waals surface area contributed by atoms with Crippen LogP contribution in [0.4, 0.5) is 0 Å². The molecular weight excluding hydrogens is 274 g/mol. The Balaban J connectivity index is 2.04. The highest BCUT2D eigenvalue weighted by Crippen LogP contribution is 2.26. The molecule has 7 heteroatoms. The normalized spacial score (nSPS) is 20.4. The molecule has 0 saturated carbocycles. The Morgan fingerprint density at radius 3 is 2.94 bits per heavy atom. The van der Waals surface area contributed by atoms with Crippen molar-refractivity contribution >= 4 is 21.4 Å². The lowest BCUT2D eigenvalue weighted by Gasteiger charge is -2.08. The van der Waals surface area contributed by atoms with E-state index in [0.29, 0.717) is 24.6 Å². The first-order valence-corrected chi connectivity index (χ1v) is 8.10. The summed E-state index contributed by atoms with van der Waals surface area (Å²) in [6, 6.07) is 1.60. The topological polar surface area (TPSA) is 75.6 Å². The Labute approximate surface area is 111 Å². The first-order valence-electron chi connectivity index (χ1n) is 5.80. The second-order valence-corrected chi connectivity index (χ2v) is 7.54. The van der Waals surface area contributed by atoms with E-state index in [0.717, 1.165) is 23.3 Å². The van der Waals surface area contributed by atoms with Crippen molar-refractivity contribution in [2.24, 2.45) is 5.92 Å². The molecule has 2 N–H and O–H groups in total. The van der Waals surface area contributed by atoms with Gasteiger partial charge in [-0.1, -0.05) is 0 Å². The molecule has 1 aromatic rings. The van der Waals surface area contributed by atoms with E-state index in [4.69, 9.17) is 9.84 Å².